The number of rotatable bonds is 5. The van der Waals surface area contributed by atoms with Gasteiger partial charge in [0.05, 0.1) is 11.8 Å². The molecule has 0 saturated heterocycles. The van der Waals surface area contributed by atoms with Gasteiger partial charge in [0.2, 0.25) is 0 Å². The summed E-state index contributed by atoms with van der Waals surface area (Å²) in [4.78, 5) is 0. The standard InChI is InChI=1S/C16H18F3NO/c1-11-5-7-13(16(17,18)19)10-15(11)20-12(2)6-8-14-4-3-9-21-14/h3-5,7,9-10,12,20H,6,8H2,1-2H3. The summed E-state index contributed by atoms with van der Waals surface area (Å²) in [6.07, 6.45) is -1.17. The molecule has 5 heteroatoms. The Morgan fingerprint density at radius 1 is 1.24 bits per heavy atom. The number of hydrogen-bond donors (Lipinski definition) is 1. The van der Waals surface area contributed by atoms with Crippen molar-refractivity contribution in [3.8, 4) is 0 Å². The second-order valence-corrected chi connectivity index (χ2v) is 5.19. The SMILES string of the molecule is Cc1ccc(C(F)(F)F)cc1NC(C)CCc1ccco1. The number of nitrogens with one attached hydrogen (secondary N) is 1. The van der Waals surface area contributed by atoms with Crippen LogP contribution in [0.3, 0.4) is 0 Å². The molecule has 0 aliphatic rings. The highest BCUT2D eigenvalue weighted by Gasteiger charge is 2.30. The second kappa shape index (κ2) is 6.24. The van der Waals surface area contributed by atoms with Crippen LogP contribution in [0.4, 0.5) is 18.9 Å². The van der Waals surface area contributed by atoms with Gasteiger partial charge >= 0.3 is 6.18 Å². The van der Waals surface area contributed by atoms with E-state index in [1.165, 1.54) is 12.1 Å². The molecule has 1 N–H and O–H groups in total. The van der Waals surface area contributed by atoms with Crippen LogP contribution in [0.25, 0.3) is 0 Å². The normalized spacial score (nSPS) is 13.2. The Morgan fingerprint density at radius 3 is 2.62 bits per heavy atom. The Labute approximate surface area is 122 Å². The number of aryl methyl sites for hydroxylation is 2. The Bertz CT molecular complexity index is 576. The van der Waals surface area contributed by atoms with E-state index in [0.717, 1.165) is 30.2 Å². The highest BCUT2D eigenvalue weighted by atomic mass is 19.4. The van der Waals surface area contributed by atoms with E-state index in [-0.39, 0.29) is 6.04 Å². The summed E-state index contributed by atoms with van der Waals surface area (Å²) in [5, 5.41) is 3.14. The lowest BCUT2D eigenvalue weighted by atomic mass is 10.1. The smallest absolute Gasteiger partial charge is 0.416 e. The van der Waals surface area contributed by atoms with Gasteiger partial charge in [-0.3, -0.25) is 0 Å². The van der Waals surface area contributed by atoms with Gasteiger partial charge < -0.3 is 9.73 Å². The van der Waals surface area contributed by atoms with Crippen LogP contribution in [-0.4, -0.2) is 6.04 Å². The third-order valence-corrected chi connectivity index (χ3v) is 3.37. The van der Waals surface area contributed by atoms with E-state index in [4.69, 9.17) is 4.42 Å². The van der Waals surface area contributed by atoms with Crippen molar-refractivity contribution in [2.75, 3.05) is 5.32 Å². The van der Waals surface area contributed by atoms with Gasteiger partial charge in [0, 0.05) is 18.2 Å². The zero-order chi connectivity index (χ0) is 15.5. The topological polar surface area (TPSA) is 25.2 Å². The molecule has 1 aromatic carbocycles. The monoisotopic (exact) mass is 297 g/mol. The van der Waals surface area contributed by atoms with Crippen molar-refractivity contribution >= 4 is 5.69 Å². The first-order valence-electron chi connectivity index (χ1n) is 6.83. The molecule has 1 heterocycles. The van der Waals surface area contributed by atoms with Crippen molar-refractivity contribution in [1.82, 2.24) is 0 Å². The molecule has 0 radical (unpaired) electrons. The van der Waals surface area contributed by atoms with Crippen molar-refractivity contribution < 1.29 is 17.6 Å². The molecule has 0 saturated carbocycles. The Hall–Kier alpha value is -1.91. The summed E-state index contributed by atoms with van der Waals surface area (Å²) in [7, 11) is 0. The third-order valence-electron chi connectivity index (χ3n) is 3.37. The molecular formula is C16H18F3NO. The van der Waals surface area contributed by atoms with Crippen LogP contribution < -0.4 is 5.32 Å². The second-order valence-electron chi connectivity index (χ2n) is 5.19. The molecule has 0 amide bonds. The summed E-state index contributed by atoms with van der Waals surface area (Å²) in [5.41, 5.74) is 0.693. The molecule has 114 valence electrons. The average molecular weight is 297 g/mol. The Kier molecular flexibility index (Phi) is 4.60. The van der Waals surface area contributed by atoms with Crippen LogP contribution in [0.1, 0.15) is 30.2 Å². The number of hydrogen-bond acceptors (Lipinski definition) is 2. The highest BCUT2D eigenvalue weighted by Crippen LogP contribution is 2.32. The number of halogens is 3. The fraction of sp³-hybridized carbons (Fsp3) is 0.375. The summed E-state index contributed by atoms with van der Waals surface area (Å²) in [6, 6.07) is 7.53. The maximum absolute atomic E-state index is 12.7. The largest absolute Gasteiger partial charge is 0.469 e. The van der Waals surface area contributed by atoms with Crippen molar-refractivity contribution in [3.05, 3.63) is 53.5 Å². The number of furan rings is 1. The van der Waals surface area contributed by atoms with Gasteiger partial charge in [0.25, 0.3) is 0 Å². The molecule has 1 unspecified atom stereocenters. The summed E-state index contributed by atoms with van der Waals surface area (Å²) in [5.74, 6) is 0.879. The maximum Gasteiger partial charge on any atom is 0.416 e. The van der Waals surface area contributed by atoms with E-state index < -0.39 is 11.7 Å². The third kappa shape index (κ3) is 4.28. The molecule has 0 aliphatic carbocycles. The average Bonchev–Trinajstić information content (AvgIpc) is 2.91. The minimum atomic E-state index is -4.32. The van der Waals surface area contributed by atoms with Gasteiger partial charge in [-0.15, -0.1) is 0 Å². The van der Waals surface area contributed by atoms with Gasteiger partial charge in [-0.05, 0) is 50.1 Å². The van der Waals surface area contributed by atoms with Gasteiger partial charge in [0.15, 0.2) is 0 Å². The van der Waals surface area contributed by atoms with Gasteiger partial charge in [-0.25, -0.2) is 0 Å². The molecule has 0 bridgehead atoms. The van der Waals surface area contributed by atoms with Crippen LogP contribution >= 0.6 is 0 Å². The van der Waals surface area contributed by atoms with Crippen molar-refractivity contribution in [2.45, 2.75) is 38.9 Å². The quantitative estimate of drug-likeness (QED) is 0.836. The van der Waals surface area contributed by atoms with Crippen LogP contribution in [0, 0.1) is 6.92 Å². The maximum atomic E-state index is 12.7. The molecule has 2 aromatic rings. The number of anilines is 1. The first-order valence-corrected chi connectivity index (χ1v) is 6.83. The zero-order valence-electron chi connectivity index (χ0n) is 12.0. The van der Waals surface area contributed by atoms with Crippen LogP contribution in [0.15, 0.2) is 41.0 Å². The minimum absolute atomic E-state index is 0.0530. The lowest BCUT2D eigenvalue weighted by Crippen LogP contribution is -2.17. The summed E-state index contributed by atoms with van der Waals surface area (Å²) >= 11 is 0. The van der Waals surface area contributed by atoms with E-state index in [9.17, 15) is 13.2 Å². The molecule has 0 fully saturated rings. The highest BCUT2D eigenvalue weighted by molar-refractivity contribution is 5.53. The molecule has 0 spiro atoms. The molecule has 1 aromatic heterocycles. The molecule has 0 aliphatic heterocycles. The molecule has 2 nitrogen and oxygen atoms in total. The van der Waals surface area contributed by atoms with E-state index in [1.807, 2.05) is 19.1 Å². The van der Waals surface area contributed by atoms with Gasteiger partial charge in [-0.2, -0.15) is 13.2 Å². The number of alkyl halides is 3. The van der Waals surface area contributed by atoms with E-state index in [2.05, 4.69) is 5.32 Å². The Balaban J connectivity index is 2.01. The molecule has 2 rings (SSSR count). The Morgan fingerprint density at radius 2 is 2.00 bits per heavy atom. The lowest BCUT2D eigenvalue weighted by Gasteiger charge is -2.18. The van der Waals surface area contributed by atoms with E-state index in [1.54, 1.807) is 13.2 Å². The molecule has 21 heavy (non-hydrogen) atoms. The van der Waals surface area contributed by atoms with Crippen LogP contribution in [0.5, 0.6) is 0 Å². The lowest BCUT2D eigenvalue weighted by molar-refractivity contribution is -0.137. The van der Waals surface area contributed by atoms with E-state index in [0.29, 0.717) is 5.69 Å². The van der Waals surface area contributed by atoms with Crippen LogP contribution in [-0.2, 0) is 12.6 Å². The van der Waals surface area contributed by atoms with Gasteiger partial charge in [0.1, 0.15) is 5.76 Å². The van der Waals surface area contributed by atoms with Crippen molar-refractivity contribution in [2.24, 2.45) is 0 Å². The fourth-order valence-corrected chi connectivity index (χ4v) is 2.11. The predicted molar refractivity (Wildman–Crippen MR) is 76.3 cm³/mol. The first kappa shape index (κ1) is 15.5. The van der Waals surface area contributed by atoms with Gasteiger partial charge in [-0.1, -0.05) is 6.07 Å². The number of benzene rings is 1. The molecule has 1 atom stereocenters. The predicted octanol–water partition coefficient (Wildman–Crippen LogP) is 5.04. The molecular weight excluding hydrogens is 279 g/mol. The van der Waals surface area contributed by atoms with Crippen molar-refractivity contribution in [3.63, 3.8) is 0 Å². The van der Waals surface area contributed by atoms with Crippen molar-refractivity contribution in [1.29, 1.82) is 0 Å². The fourth-order valence-electron chi connectivity index (χ4n) is 2.11. The summed E-state index contributed by atoms with van der Waals surface area (Å²) in [6.45, 7) is 3.74. The zero-order valence-corrected chi connectivity index (χ0v) is 12.0. The van der Waals surface area contributed by atoms with Crippen LogP contribution in [0.2, 0.25) is 0 Å². The van der Waals surface area contributed by atoms with E-state index >= 15 is 0 Å². The summed E-state index contributed by atoms with van der Waals surface area (Å²) < 4.78 is 43.4. The first-order chi connectivity index (χ1) is 9.86. The minimum Gasteiger partial charge on any atom is -0.469 e.